The highest BCUT2D eigenvalue weighted by atomic mass is 32.2. The summed E-state index contributed by atoms with van der Waals surface area (Å²) < 4.78 is 5.48. The molecule has 1 aromatic heterocycles. The van der Waals surface area contributed by atoms with E-state index in [4.69, 9.17) is 10.2 Å². The fourth-order valence-electron chi connectivity index (χ4n) is 1.31. The Hall–Kier alpha value is -1.36. The van der Waals surface area contributed by atoms with E-state index in [0.29, 0.717) is 11.7 Å². The second-order valence-corrected chi connectivity index (χ2v) is 4.12. The Morgan fingerprint density at radius 3 is 3.13 bits per heavy atom. The second kappa shape index (κ2) is 4.44. The molecule has 0 unspecified atom stereocenters. The molecule has 0 fully saturated rings. The van der Waals surface area contributed by atoms with Crippen LogP contribution in [0, 0.1) is 0 Å². The Morgan fingerprint density at radius 1 is 1.53 bits per heavy atom. The van der Waals surface area contributed by atoms with Crippen LogP contribution in [-0.2, 0) is 0 Å². The molecule has 4 nitrogen and oxygen atoms in total. The van der Waals surface area contributed by atoms with Gasteiger partial charge in [-0.1, -0.05) is 6.07 Å². The van der Waals surface area contributed by atoms with Gasteiger partial charge < -0.3 is 15.5 Å². The van der Waals surface area contributed by atoms with Crippen molar-refractivity contribution in [3.8, 4) is 0 Å². The number of nitrogens with two attached hydrogens (primary N) is 1. The van der Waals surface area contributed by atoms with Crippen LogP contribution in [-0.4, -0.2) is 23.5 Å². The van der Waals surface area contributed by atoms with Crippen LogP contribution in [0.2, 0.25) is 0 Å². The summed E-state index contributed by atoms with van der Waals surface area (Å²) in [6.45, 7) is 0.841. The molecule has 15 heavy (non-hydrogen) atoms. The van der Waals surface area contributed by atoms with Crippen LogP contribution in [0.3, 0.4) is 0 Å². The van der Waals surface area contributed by atoms with Crippen LogP contribution in [0.1, 0.15) is 0 Å². The van der Waals surface area contributed by atoms with Gasteiger partial charge in [0.05, 0.1) is 5.69 Å². The lowest BCUT2D eigenvalue weighted by Crippen LogP contribution is -2.03. The highest BCUT2D eigenvalue weighted by Gasteiger charge is 2.06. The number of thioether (sulfide) groups is 1. The van der Waals surface area contributed by atoms with Gasteiger partial charge in [-0.15, -0.1) is 0 Å². The van der Waals surface area contributed by atoms with E-state index in [0.717, 1.165) is 23.4 Å². The molecule has 80 valence electrons. The molecular formula is C10H13N3OS. The maximum Gasteiger partial charge on any atom is 0.295 e. The van der Waals surface area contributed by atoms with Crippen molar-refractivity contribution in [3.05, 3.63) is 18.2 Å². The van der Waals surface area contributed by atoms with Gasteiger partial charge in [0.15, 0.2) is 5.58 Å². The zero-order valence-corrected chi connectivity index (χ0v) is 9.30. The molecule has 5 heteroatoms. The van der Waals surface area contributed by atoms with Crippen LogP contribution in [0.25, 0.3) is 11.1 Å². The number of benzene rings is 1. The molecule has 0 bridgehead atoms. The first-order chi connectivity index (χ1) is 7.31. The highest BCUT2D eigenvalue weighted by Crippen LogP contribution is 2.23. The summed E-state index contributed by atoms with van der Waals surface area (Å²) >= 11 is 1.77. The van der Waals surface area contributed by atoms with Crippen molar-refractivity contribution >= 4 is 34.6 Å². The molecule has 0 saturated carbocycles. The Labute approximate surface area is 92.2 Å². The third-order valence-electron chi connectivity index (χ3n) is 2.03. The molecule has 0 atom stereocenters. The molecule has 2 rings (SSSR count). The van der Waals surface area contributed by atoms with Crippen molar-refractivity contribution in [3.63, 3.8) is 0 Å². The lowest BCUT2D eigenvalue weighted by molar-refractivity contribution is 0.617. The number of fused-ring (bicyclic) bond motifs is 1. The molecule has 0 aliphatic carbocycles. The number of aromatic nitrogens is 1. The molecule has 1 aromatic carbocycles. The van der Waals surface area contributed by atoms with E-state index < -0.39 is 0 Å². The number of oxazole rings is 1. The fraction of sp³-hybridized carbons (Fsp3) is 0.300. The van der Waals surface area contributed by atoms with Crippen molar-refractivity contribution in [2.45, 2.75) is 0 Å². The predicted molar refractivity (Wildman–Crippen MR) is 65.3 cm³/mol. The second-order valence-electron chi connectivity index (χ2n) is 3.13. The normalized spacial score (nSPS) is 10.7. The summed E-state index contributed by atoms with van der Waals surface area (Å²) in [5.41, 5.74) is 7.87. The summed E-state index contributed by atoms with van der Waals surface area (Å²) in [7, 11) is 0. The van der Waals surface area contributed by atoms with E-state index in [1.807, 2.05) is 18.2 Å². The number of para-hydroxylation sites is 1. The standard InChI is InChI=1S/C10H13N3OS/c1-15-6-5-12-10-13-9-7(11)3-2-4-8(9)14-10/h2-4H,5-6,11H2,1H3,(H,12,13). The van der Waals surface area contributed by atoms with Crippen molar-refractivity contribution in [1.82, 2.24) is 4.98 Å². The van der Waals surface area contributed by atoms with E-state index in [-0.39, 0.29) is 0 Å². The van der Waals surface area contributed by atoms with E-state index >= 15 is 0 Å². The van der Waals surface area contributed by atoms with Crippen molar-refractivity contribution in [2.24, 2.45) is 0 Å². The molecule has 0 spiro atoms. The zero-order valence-electron chi connectivity index (χ0n) is 8.49. The minimum atomic E-state index is 0.539. The summed E-state index contributed by atoms with van der Waals surface area (Å²) in [5, 5.41) is 3.11. The summed E-state index contributed by atoms with van der Waals surface area (Å²) in [6, 6.07) is 6.07. The number of hydrogen-bond acceptors (Lipinski definition) is 5. The number of rotatable bonds is 4. The van der Waals surface area contributed by atoms with Gasteiger partial charge in [-0.25, -0.2) is 0 Å². The van der Waals surface area contributed by atoms with Crippen molar-refractivity contribution in [1.29, 1.82) is 0 Å². The highest BCUT2D eigenvalue weighted by molar-refractivity contribution is 7.98. The van der Waals surface area contributed by atoms with Gasteiger partial charge in [-0.3, -0.25) is 0 Å². The maximum atomic E-state index is 5.77. The van der Waals surface area contributed by atoms with E-state index in [1.54, 1.807) is 11.8 Å². The number of anilines is 2. The molecule has 3 N–H and O–H groups in total. The maximum absolute atomic E-state index is 5.77. The summed E-state index contributed by atoms with van der Waals surface area (Å²) in [4.78, 5) is 4.27. The van der Waals surface area contributed by atoms with E-state index in [2.05, 4.69) is 16.6 Å². The lowest BCUT2D eigenvalue weighted by Gasteiger charge is -1.97. The molecule has 0 radical (unpaired) electrons. The van der Waals surface area contributed by atoms with Gasteiger partial charge in [0, 0.05) is 12.3 Å². The SMILES string of the molecule is CSCCNc1nc2c(N)cccc2o1. The van der Waals surface area contributed by atoms with Gasteiger partial charge >= 0.3 is 0 Å². The van der Waals surface area contributed by atoms with Gasteiger partial charge in [0.2, 0.25) is 0 Å². The molecule has 2 aromatic rings. The molecule has 0 amide bonds. The Morgan fingerprint density at radius 2 is 2.40 bits per heavy atom. The lowest BCUT2D eigenvalue weighted by atomic mass is 10.3. The number of nitrogen functional groups attached to an aromatic ring is 1. The van der Waals surface area contributed by atoms with Gasteiger partial charge in [0.1, 0.15) is 5.52 Å². The first kappa shape index (κ1) is 10.2. The first-order valence-corrected chi connectivity index (χ1v) is 6.08. The topological polar surface area (TPSA) is 64.1 Å². The quantitative estimate of drug-likeness (QED) is 0.614. The van der Waals surface area contributed by atoms with Crippen LogP contribution >= 0.6 is 11.8 Å². The minimum absolute atomic E-state index is 0.539. The number of nitrogens with one attached hydrogen (secondary N) is 1. The predicted octanol–water partition coefficient (Wildman–Crippen LogP) is 2.18. The monoisotopic (exact) mass is 223 g/mol. The molecule has 0 aliphatic heterocycles. The third kappa shape index (κ3) is 2.18. The minimum Gasteiger partial charge on any atom is -0.423 e. The van der Waals surface area contributed by atoms with Gasteiger partial charge in [-0.2, -0.15) is 16.7 Å². The third-order valence-corrected chi connectivity index (χ3v) is 2.64. The largest absolute Gasteiger partial charge is 0.423 e. The van der Waals surface area contributed by atoms with Crippen LogP contribution in [0.4, 0.5) is 11.7 Å². The van der Waals surface area contributed by atoms with Gasteiger partial charge in [-0.05, 0) is 18.4 Å². The average molecular weight is 223 g/mol. The Kier molecular flexibility index (Phi) is 3.01. The van der Waals surface area contributed by atoms with Crippen molar-refractivity contribution < 1.29 is 4.42 Å². The van der Waals surface area contributed by atoms with Crippen LogP contribution in [0.5, 0.6) is 0 Å². The van der Waals surface area contributed by atoms with Gasteiger partial charge in [0.25, 0.3) is 6.01 Å². The Bertz CT molecular complexity index is 455. The molecular weight excluding hydrogens is 210 g/mol. The molecule has 0 aliphatic rings. The summed E-state index contributed by atoms with van der Waals surface area (Å²) in [6.07, 6.45) is 2.06. The summed E-state index contributed by atoms with van der Waals surface area (Å²) in [5.74, 6) is 1.02. The molecule has 0 saturated heterocycles. The van der Waals surface area contributed by atoms with E-state index in [1.165, 1.54) is 0 Å². The average Bonchev–Trinajstić information content (AvgIpc) is 2.63. The molecule has 1 heterocycles. The van der Waals surface area contributed by atoms with Crippen LogP contribution < -0.4 is 11.1 Å². The number of hydrogen-bond donors (Lipinski definition) is 2. The van der Waals surface area contributed by atoms with Crippen LogP contribution in [0.15, 0.2) is 22.6 Å². The Balaban J connectivity index is 2.20. The smallest absolute Gasteiger partial charge is 0.295 e. The fourth-order valence-corrected chi connectivity index (χ4v) is 1.61. The number of nitrogens with zero attached hydrogens (tertiary/aromatic N) is 1. The van der Waals surface area contributed by atoms with E-state index in [9.17, 15) is 0 Å². The van der Waals surface area contributed by atoms with Crippen molar-refractivity contribution in [2.75, 3.05) is 29.6 Å². The first-order valence-electron chi connectivity index (χ1n) is 4.69. The zero-order chi connectivity index (χ0) is 10.7.